The molecule has 17 heavy (non-hydrogen) atoms. The smallest absolute Gasteiger partial charge is 0.221 e. The first kappa shape index (κ1) is 14.0. The number of amides is 1. The summed E-state index contributed by atoms with van der Waals surface area (Å²) in [4.78, 5) is 12.0. The van der Waals surface area contributed by atoms with Crippen molar-refractivity contribution in [1.82, 2.24) is 0 Å². The van der Waals surface area contributed by atoms with Crippen LogP contribution in [-0.2, 0) is 4.79 Å². The van der Waals surface area contributed by atoms with Crippen molar-refractivity contribution in [2.45, 2.75) is 11.8 Å². The van der Waals surface area contributed by atoms with Crippen molar-refractivity contribution in [3.63, 3.8) is 0 Å². The van der Waals surface area contributed by atoms with Crippen LogP contribution in [0.2, 0.25) is 0 Å². The molecule has 5 heteroatoms. The van der Waals surface area contributed by atoms with Gasteiger partial charge in [-0.3, -0.25) is 4.79 Å². The number of thioether (sulfide) groups is 1. The van der Waals surface area contributed by atoms with Crippen LogP contribution in [0.5, 0.6) is 0 Å². The van der Waals surface area contributed by atoms with Crippen molar-refractivity contribution in [3.05, 3.63) is 24.3 Å². The Hall–Kier alpha value is -1.04. The number of benzene rings is 1. The molecule has 0 radical (unpaired) electrons. The topological polar surface area (TPSA) is 65.9 Å². The van der Waals surface area contributed by atoms with E-state index in [-0.39, 0.29) is 12.5 Å². The van der Waals surface area contributed by atoms with E-state index in [9.17, 15) is 4.79 Å². The lowest BCUT2D eigenvalue weighted by Gasteiger charge is -2.04. The van der Waals surface area contributed by atoms with Crippen LogP contribution in [0.3, 0.4) is 0 Å². The van der Waals surface area contributed by atoms with E-state index < -0.39 is 0 Å². The summed E-state index contributed by atoms with van der Waals surface area (Å²) in [6.07, 6.45) is 0. The highest BCUT2D eigenvalue weighted by Gasteiger charge is 1.98. The number of aliphatic hydroxyl groups excluding tert-OH is 1. The summed E-state index contributed by atoms with van der Waals surface area (Å²) in [5.41, 5.74) is 0.827. The normalized spacial score (nSPS) is 10.2. The Kier molecular flexibility index (Phi) is 6.69. The molecule has 0 saturated carbocycles. The van der Waals surface area contributed by atoms with Crippen LogP contribution in [0.4, 0.5) is 5.69 Å². The molecule has 0 unspecified atom stereocenters. The highest BCUT2D eigenvalue weighted by Crippen LogP contribution is 2.19. The Bertz CT molecular complexity index is 341. The molecule has 1 rings (SSSR count). The fraction of sp³-hybridized carbons (Fsp3) is 0.417. The predicted molar refractivity (Wildman–Crippen MR) is 70.2 cm³/mol. The zero-order chi connectivity index (χ0) is 12.5. The molecular formula is C12H19N2O2S+. The molecule has 0 heterocycles. The highest BCUT2D eigenvalue weighted by atomic mass is 32.2. The van der Waals surface area contributed by atoms with Gasteiger partial charge in [0.15, 0.2) is 0 Å². The Balaban J connectivity index is 2.28. The SMILES string of the molecule is CC(=O)Nc1ccc(SCC[NH2+]CCO)cc1. The number of quaternary nitrogens is 1. The zero-order valence-electron chi connectivity index (χ0n) is 9.98. The summed E-state index contributed by atoms with van der Waals surface area (Å²) in [5.74, 6) is 0.962. The number of rotatable bonds is 7. The minimum absolute atomic E-state index is 0.0518. The summed E-state index contributed by atoms with van der Waals surface area (Å²) in [6.45, 7) is 3.50. The number of nitrogens with two attached hydrogens (primary N) is 1. The van der Waals surface area contributed by atoms with Crippen molar-refractivity contribution < 1.29 is 15.2 Å². The van der Waals surface area contributed by atoms with E-state index in [1.165, 1.54) is 11.8 Å². The van der Waals surface area contributed by atoms with E-state index in [1.54, 1.807) is 11.8 Å². The second kappa shape index (κ2) is 8.11. The molecule has 4 nitrogen and oxygen atoms in total. The van der Waals surface area contributed by atoms with Crippen LogP contribution in [0.1, 0.15) is 6.92 Å². The van der Waals surface area contributed by atoms with Crippen LogP contribution in [0.15, 0.2) is 29.2 Å². The predicted octanol–water partition coefficient (Wildman–Crippen LogP) is 0.293. The Morgan fingerprint density at radius 1 is 1.35 bits per heavy atom. The standard InChI is InChI=1S/C12H18N2O2S/c1-10(16)14-11-2-4-12(5-3-11)17-9-7-13-6-8-15/h2-5,13,15H,6-9H2,1H3,(H,14,16)/p+1. The van der Waals surface area contributed by atoms with Crippen LogP contribution < -0.4 is 10.6 Å². The lowest BCUT2D eigenvalue weighted by atomic mass is 10.3. The number of aliphatic hydroxyl groups is 1. The molecular weight excluding hydrogens is 236 g/mol. The molecule has 0 aliphatic carbocycles. The number of nitrogens with one attached hydrogen (secondary N) is 1. The van der Waals surface area contributed by atoms with Gasteiger partial charge in [0.25, 0.3) is 0 Å². The van der Waals surface area contributed by atoms with Crippen molar-refractivity contribution in [3.8, 4) is 0 Å². The molecule has 94 valence electrons. The van der Waals surface area contributed by atoms with E-state index in [2.05, 4.69) is 10.6 Å². The average molecular weight is 255 g/mol. The maximum Gasteiger partial charge on any atom is 0.221 e. The third kappa shape index (κ3) is 6.31. The lowest BCUT2D eigenvalue weighted by molar-refractivity contribution is -0.651. The van der Waals surface area contributed by atoms with E-state index in [1.807, 2.05) is 24.3 Å². The molecule has 4 N–H and O–H groups in total. The molecule has 0 fully saturated rings. The minimum atomic E-state index is -0.0518. The van der Waals surface area contributed by atoms with Gasteiger partial charge >= 0.3 is 0 Å². The van der Waals surface area contributed by atoms with Gasteiger partial charge in [0, 0.05) is 23.3 Å². The molecule has 1 aromatic carbocycles. The fourth-order valence-corrected chi connectivity index (χ4v) is 2.18. The summed E-state index contributed by atoms with van der Waals surface area (Å²) in [5, 5.41) is 13.4. The van der Waals surface area contributed by atoms with Gasteiger partial charge in [0.1, 0.15) is 0 Å². The number of carbonyl (C=O) groups excluding carboxylic acids is 1. The summed E-state index contributed by atoms with van der Waals surface area (Å²) in [7, 11) is 0. The zero-order valence-corrected chi connectivity index (χ0v) is 10.8. The monoisotopic (exact) mass is 255 g/mol. The van der Waals surface area contributed by atoms with Crippen molar-refractivity contribution >= 4 is 23.4 Å². The van der Waals surface area contributed by atoms with Crippen molar-refractivity contribution in [2.75, 3.05) is 30.8 Å². The molecule has 0 atom stereocenters. The van der Waals surface area contributed by atoms with E-state index >= 15 is 0 Å². The maximum atomic E-state index is 10.8. The van der Waals surface area contributed by atoms with E-state index in [0.29, 0.717) is 0 Å². The first-order valence-electron chi connectivity index (χ1n) is 5.65. The molecule has 0 saturated heterocycles. The first-order valence-corrected chi connectivity index (χ1v) is 6.64. The van der Waals surface area contributed by atoms with Gasteiger partial charge in [0.05, 0.1) is 19.7 Å². The Morgan fingerprint density at radius 2 is 2.06 bits per heavy atom. The number of anilines is 1. The van der Waals surface area contributed by atoms with Gasteiger partial charge in [-0.05, 0) is 24.3 Å². The molecule has 1 aromatic rings. The summed E-state index contributed by atoms with van der Waals surface area (Å²) in [6, 6.07) is 7.81. The third-order valence-electron chi connectivity index (χ3n) is 2.10. The number of carbonyl (C=O) groups is 1. The molecule has 0 bridgehead atoms. The van der Waals surface area contributed by atoms with Gasteiger partial charge in [-0.1, -0.05) is 0 Å². The number of hydrogen-bond donors (Lipinski definition) is 3. The van der Waals surface area contributed by atoms with Crippen molar-refractivity contribution in [1.29, 1.82) is 0 Å². The average Bonchev–Trinajstić information content (AvgIpc) is 2.30. The third-order valence-corrected chi connectivity index (χ3v) is 3.14. The van der Waals surface area contributed by atoms with E-state index in [4.69, 9.17) is 5.11 Å². The summed E-state index contributed by atoms with van der Waals surface area (Å²) >= 11 is 1.77. The summed E-state index contributed by atoms with van der Waals surface area (Å²) < 4.78 is 0. The second-order valence-electron chi connectivity index (χ2n) is 3.64. The maximum absolute atomic E-state index is 10.8. The van der Waals surface area contributed by atoms with Crippen LogP contribution in [-0.4, -0.2) is 36.5 Å². The van der Waals surface area contributed by atoms with Gasteiger partial charge in [-0.25, -0.2) is 0 Å². The molecule has 0 aromatic heterocycles. The first-order chi connectivity index (χ1) is 8.22. The van der Waals surface area contributed by atoms with Crippen LogP contribution >= 0.6 is 11.8 Å². The van der Waals surface area contributed by atoms with Gasteiger partial charge in [0.2, 0.25) is 5.91 Å². The fourth-order valence-electron chi connectivity index (χ4n) is 1.33. The molecule has 1 amide bonds. The van der Waals surface area contributed by atoms with Crippen LogP contribution in [0.25, 0.3) is 0 Å². The minimum Gasteiger partial charge on any atom is -0.391 e. The molecule has 0 spiro atoms. The van der Waals surface area contributed by atoms with Gasteiger partial charge in [-0.2, -0.15) is 0 Å². The van der Waals surface area contributed by atoms with Gasteiger partial charge in [-0.15, -0.1) is 11.8 Å². The quantitative estimate of drug-likeness (QED) is 0.485. The lowest BCUT2D eigenvalue weighted by Crippen LogP contribution is -2.85. The molecule has 0 aliphatic heterocycles. The second-order valence-corrected chi connectivity index (χ2v) is 4.81. The molecule has 0 aliphatic rings. The van der Waals surface area contributed by atoms with E-state index in [0.717, 1.165) is 24.5 Å². The van der Waals surface area contributed by atoms with Crippen LogP contribution in [0, 0.1) is 0 Å². The highest BCUT2D eigenvalue weighted by molar-refractivity contribution is 7.99. The number of hydrogen-bond acceptors (Lipinski definition) is 3. The van der Waals surface area contributed by atoms with Gasteiger partial charge < -0.3 is 15.7 Å². The Labute approximate surface area is 106 Å². The Morgan fingerprint density at radius 3 is 2.65 bits per heavy atom. The largest absolute Gasteiger partial charge is 0.391 e. The van der Waals surface area contributed by atoms with Crippen molar-refractivity contribution in [2.24, 2.45) is 0 Å².